The summed E-state index contributed by atoms with van der Waals surface area (Å²) >= 11 is 0. The van der Waals surface area contributed by atoms with Crippen LogP contribution in [0.4, 0.5) is 0 Å². The maximum atomic E-state index is 13.0. The molecule has 1 aliphatic heterocycles. The Morgan fingerprint density at radius 2 is 0.966 bits per heavy atom. The SMILES string of the molecule is CCCCCCCC/C=C/CCCCCCCCCCCCCCCC(=O)N[C@@H](CO[C@H]1O[C@@H](CO)[C@H](O)C(O)C1O)[C@H](O)/C=C/CC/C=C/CCCCCCCCC. The first-order chi connectivity index (χ1) is 28.8. The third-order valence-electron chi connectivity index (χ3n) is 11.7. The van der Waals surface area contributed by atoms with Crippen LogP contribution < -0.4 is 5.32 Å². The topological polar surface area (TPSA) is 149 Å². The Kier molecular flexibility index (Phi) is 38.0. The molecule has 9 heteroatoms. The van der Waals surface area contributed by atoms with E-state index in [1.54, 1.807) is 6.08 Å². The lowest BCUT2D eigenvalue weighted by atomic mass is 9.99. The van der Waals surface area contributed by atoms with E-state index in [0.717, 1.165) is 38.5 Å². The zero-order chi connectivity index (χ0) is 43.0. The highest BCUT2D eigenvalue weighted by Gasteiger charge is 2.44. The van der Waals surface area contributed by atoms with Crippen LogP contribution in [-0.4, -0.2) is 87.5 Å². The molecule has 2 unspecified atom stereocenters. The van der Waals surface area contributed by atoms with Crippen molar-refractivity contribution in [2.45, 2.75) is 262 Å². The van der Waals surface area contributed by atoms with Gasteiger partial charge in [0.2, 0.25) is 5.91 Å². The van der Waals surface area contributed by atoms with Gasteiger partial charge in [0.05, 0.1) is 25.4 Å². The van der Waals surface area contributed by atoms with E-state index in [4.69, 9.17) is 9.47 Å². The lowest BCUT2D eigenvalue weighted by Crippen LogP contribution is -2.60. The molecule has 0 aromatic carbocycles. The molecule has 6 N–H and O–H groups in total. The normalized spacial score (nSPS) is 21.0. The maximum Gasteiger partial charge on any atom is 0.220 e. The molecule has 0 aromatic heterocycles. The van der Waals surface area contributed by atoms with Gasteiger partial charge in [0.15, 0.2) is 6.29 Å². The fourth-order valence-corrected chi connectivity index (χ4v) is 7.70. The van der Waals surface area contributed by atoms with Crippen LogP contribution in [0.2, 0.25) is 0 Å². The van der Waals surface area contributed by atoms with Crippen LogP contribution in [0.3, 0.4) is 0 Å². The van der Waals surface area contributed by atoms with Gasteiger partial charge < -0.3 is 40.3 Å². The van der Waals surface area contributed by atoms with Crippen LogP contribution in [0.15, 0.2) is 36.5 Å². The number of carbonyl (C=O) groups is 1. The molecule has 59 heavy (non-hydrogen) atoms. The first-order valence-corrected chi connectivity index (χ1v) is 24.7. The first-order valence-electron chi connectivity index (χ1n) is 24.7. The Balaban J connectivity index is 2.28. The summed E-state index contributed by atoms with van der Waals surface area (Å²) in [5.41, 5.74) is 0. The number of aliphatic hydroxyl groups excluding tert-OH is 5. The van der Waals surface area contributed by atoms with Crippen molar-refractivity contribution in [2.75, 3.05) is 13.2 Å². The highest BCUT2D eigenvalue weighted by atomic mass is 16.7. The average Bonchev–Trinajstić information content (AvgIpc) is 3.23. The Labute approximate surface area is 361 Å². The molecular formula is C50H93NO8. The maximum absolute atomic E-state index is 13.0. The fourth-order valence-electron chi connectivity index (χ4n) is 7.70. The number of ether oxygens (including phenoxy) is 2. The molecule has 0 radical (unpaired) electrons. The van der Waals surface area contributed by atoms with Crippen LogP contribution in [0.25, 0.3) is 0 Å². The molecule has 0 saturated carbocycles. The van der Waals surface area contributed by atoms with Crippen LogP contribution in [0, 0.1) is 0 Å². The second-order valence-electron chi connectivity index (χ2n) is 17.2. The van der Waals surface area contributed by atoms with E-state index in [1.807, 2.05) is 6.08 Å². The largest absolute Gasteiger partial charge is 0.394 e. The van der Waals surface area contributed by atoms with Gasteiger partial charge in [-0.3, -0.25) is 4.79 Å². The van der Waals surface area contributed by atoms with Gasteiger partial charge >= 0.3 is 0 Å². The second kappa shape index (κ2) is 40.5. The number of amides is 1. The molecule has 0 spiro atoms. The summed E-state index contributed by atoms with van der Waals surface area (Å²) in [6, 6.07) is -0.819. The van der Waals surface area contributed by atoms with Crippen molar-refractivity contribution in [3.8, 4) is 0 Å². The van der Waals surface area contributed by atoms with Gasteiger partial charge in [-0.25, -0.2) is 0 Å². The fraction of sp³-hybridized carbons (Fsp3) is 0.860. The quantitative estimate of drug-likeness (QED) is 0.0263. The molecule has 1 fully saturated rings. The van der Waals surface area contributed by atoms with Gasteiger partial charge in [0.1, 0.15) is 24.4 Å². The van der Waals surface area contributed by atoms with E-state index in [2.05, 4.69) is 43.5 Å². The van der Waals surface area contributed by atoms with Crippen molar-refractivity contribution in [3.63, 3.8) is 0 Å². The van der Waals surface area contributed by atoms with Crippen LogP contribution in [0.1, 0.15) is 219 Å². The monoisotopic (exact) mass is 836 g/mol. The number of hydrogen-bond donors (Lipinski definition) is 6. The first kappa shape index (κ1) is 55.4. The molecule has 1 heterocycles. The lowest BCUT2D eigenvalue weighted by molar-refractivity contribution is -0.302. The highest BCUT2D eigenvalue weighted by molar-refractivity contribution is 5.76. The van der Waals surface area contributed by atoms with E-state index in [1.165, 1.54) is 161 Å². The summed E-state index contributed by atoms with van der Waals surface area (Å²) in [4.78, 5) is 13.0. The van der Waals surface area contributed by atoms with Crippen molar-refractivity contribution in [3.05, 3.63) is 36.5 Å². The van der Waals surface area contributed by atoms with E-state index in [0.29, 0.717) is 6.42 Å². The molecule has 346 valence electrons. The summed E-state index contributed by atoms with van der Waals surface area (Å²) in [6.07, 6.45) is 43.4. The Bertz CT molecular complexity index is 1020. The Morgan fingerprint density at radius 3 is 1.42 bits per heavy atom. The predicted molar refractivity (Wildman–Crippen MR) is 244 cm³/mol. The van der Waals surface area contributed by atoms with E-state index >= 15 is 0 Å². The molecule has 1 rings (SSSR count). The third-order valence-corrected chi connectivity index (χ3v) is 11.7. The molecule has 0 aliphatic carbocycles. The number of aliphatic hydroxyl groups is 5. The minimum atomic E-state index is -1.57. The zero-order valence-electron chi connectivity index (χ0n) is 38.0. The molecule has 0 aromatic rings. The van der Waals surface area contributed by atoms with E-state index in [9.17, 15) is 30.3 Å². The summed E-state index contributed by atoms with van der Waals surface area (Å²) in [7, 11) is 0. The average molecular weight is 836 g/mol. The van der Waals surface area contributed by atoms with Crippen LogP contribution in [0.5, 0.6) is 0 Å². The summed E-state index contributed by atoms with van der Waals surface area (Å²) in [5.74, 6) is -0.187. The smallest absolute Gasteiger partial charge is 0.220 e. The van der Waals surface area contributed by atoms with Gasteiger partial charge in [-0.1, -0.05) is 192 Å². The van der Waals surface area contributed by atoms with Crippen molar-refractivity contribution in [1.29, 1.82) is 0 Å². The van der Waals surface area contributed by atoms with E-state index < -0.39 is 49.5 Å². The highest BCUT2D eigenvalue weighted by Crippen LogP contribution is 2.23. The number of unbranched alkanes of at least 4 members (excludes halogenated alkanes) is 27. The van der Waals surface area contributed by atoms with Crippen LogP contribution >= 0.6 is 0 Å². The summed E-state index contributed by atoms with van der Waals surface area (Å²) in [6.45, 7) is 3.75. The second-order valence-corrected chi connectivity index (χ2v) is 17.2. The van der Waals surface area contributed by atoms with Crippen molar-refractivity contribution in [1.82, 2.24) is 5.32 Å². The molecule has 1 saturated heterocycles. The number of allylic oxidation sites excluding steroid dienone is 5. The van der Waals surface area contributed by atoms with Crippen molar-refractivity contribution in [2.24, 2.45) is 0 Å². The summed E-state index contributed by atoms with van der Waals surface area (Å²) < 4.78 is 11.2. The van der Waals surface area contributed by atoms with Crippen molar-refractivity contribution < 1.29 is 39.8 Å². The predicted octanol–water partition coefficient (Wildman–Crippen LogP) is 10.8. The van der Waals surface area contributed by atoms with Gasteiger partial charge in [0, 0.05) is 6.42 Å². The van der Waals surface area contributed by atoms with Gasteiger partial charge in [-0.05, 0) is 57.8 Å². The number of rotatable bonds is 41. The third kappa shape index (κ3) is 31.0. The zero-order valence-corrected chi connectivity index (χ0v) is 38.0. The van der Waals surface area contributed by atoms with Crippen molar-refractivity contribution >= 4 is 5.91 Å². The number of hydrogen-bond acceptors (Lipinski definition) is 8. The molecule has 0 bridgehead atoms. The molecular weight excluding hydrogens is 743 g/mol. The van der Waals surface area contributed by atoms with E-state index in [-0.39, 0.29) is 12.5 Å². The van der Waals surface area contributed by atoms with Crippen LogP contribution in [-0.2, 0) is 14.3 Å². The Hall–Kier alpha value is -1.59. The standard InChI is InChI=1S/C50H93NO8/c1-3-5-7-9-11-13-15-17-18-19-20-21-22-23-24-25-26-28-30-32-34-36-38-40-46(54)51-43(42-58-50-49(57)48(56)47(55)45(41-52)59-50)44(53)39-37-35-33-31-29-27-16-14-12-10-8-6-4-2/h17-18,29,31,37,39,43-45,47-50,52-53,55-57H,3-16,19-28,30,32-36,38,40-42H2,1-2H3,(H,51,54)/b18-17+,31-29+,39-37+/t43-,44+,45-,47-,48?,49?,50-/m0/s1. The molecule has 9 nitrogen and oxygen atoms in total. The number of carbonyl (C=O) groups excluding carboxylic acids is 1. The van der Waals surface area contributed by atoms with Gasteiger partial charge in [-0.15, -0.1) is 0 Å². The Morgan fingerprint density at radius 1 is 0.559 bits per heavy atom. The molecule has 1 aliphatic rings. The lowest BCUT2D eigenvalue weighted by Gasteiger charge is -2.40. The number of nitrogens with one attached hydrogen (secondary N) is 1. The van der Waals surface area contributed by atoms with Gasteiger partial charge in [0.25, 0.3) is 0 Å². The molecule has 1 amide bonds. The minimum absolute atomic E-state index is 0.187. The molecule has 7 atom stereocenters. The minimum Gasteiger partial charge on any atom is -0.394 e. The van der Waals surface area contributed by atoms with Gasteiger partial charge in [-0.2, -0.15) is 0 Å². The summed E-state index contributed by atoms with van der Waals surface area (Å²) in [5, 5.41) is 54.2.